The predicted octanol–water partition coefficient (Wildman–Crippen LogP) is 4.31. The van der Waals surface area contributed by atoms with Gasteiger partial charge in [0, 0.05) is 49.5 Å². The van der Waals surface area contributed by atoms with Crippen molar-refractivity contribution in [1.29, 1.82) is 0 Å². The van der Waals surface area contributed by atoms with Gasteiger partial charge in [-0.2, -0.15) is 0 Å². The normalized spacial score (nSPS) is 19.0. The second-order valence-electron chi connectivity index (χ2n) is 9.43. The van der Waals surface area contributed by atoms with E-state index in [0.717, 1.165) is 56.0 Å². The summed E-state index contributed by atoms with van der Waals surface area (Å²) in [7, 11) is 0. The molecule has 3 aromatic rings. The van der Waals surface area contributed by atoms with E-state index in [1.54, 1.807) is 6.20 Å². The number of benzene rings is 1. The van der Waals surface area contributed by atoms with Crippen molar-refractivity contribution in [2.24, 2.45) is 5.41 Å². The molecule has 6 nitrogen and oxygen atoms in total. The molecule has 1 atom stereocenters. The molecule has 1 aliphatic rings. The van der Waals surface area contributed by atoms with Gasteiger partial charge in [0.2, 0.25) is 5.91 Å². The number of amides is 1. The first-order chi connectivity index (χ1) is 16.0. The topological polar surface area (TPSA) is 63.1 Å². The molecule has 2 aromatic heterocycles. The lowest BCUT2D eigenvalue weighted by molar-refractivity contribution is -0.135. The maximum atomic E-state index is 13.7. The van der Waals surface area contributed by atoms with Crippen molar-refractivity contribution in [2.75, 3.05) is 13.1 Å². The lowest BCUT2D eigenvalue weighted by Crippen LogP contribution is -2.54. The first-order valence-corrected chi connectivity index (χ1v) is 12.0. The Hall–Kier alpha value is -2.99. The van der Waals surface area contributed by atoms with Crippen molar-refractivity contribution >= 4 is 5.91 Å². The van der Waals surface area contributed by atoms with Crippen LogP contribution in [-0.4, -0.2) is 44.5 Å². The molecule has 174 valence electrons. The summed E-state index contributed by atoms with van der Waals surface area (Å²) in [6, 6.07) is 12.6. The second kappa shape index (κ2) is 10.3. The number of nitrogens with one attached hydrogen (secondary N) is 1. The Bertz CT molecular complexity index is 1060. The van der Waals surface area contributed by atoms with Crippen LogP contribution >= 0.6 is 0 Å². The van der Waals surface area contributed by atoms with Crippen molar-refractivity contribution in [2.45, 2.75) is 59.2 Å². The lowest BCUT2D eigenvalue weighted by Gasteiger charge is -2.42. The van der Waals surface area contributed by atoms with E-state index < -0.39 is 5.41 Å². The minimum Gasteiger partial charge on any atom is -0.353 e. The van der Waals surface area contributed by atoms with Crippen LogP contribution in [0.1, 0.15) is 45.0 Å². The van der Waals surface area contributed by atoms with Gasteiger partial charge in [-0.3, -0.25) is 14.7 Å². The van der Waals surface area contributed by atoms with E-state index in [2.05, 4.69) is 62.0 Å². The number of pyridine rings is 1. The number of nitrogens with zero attached hydrogens (tertiary/aromatic N) is 4. The van der Waals surface area contributed by atoms with Crippen molar-refractivity contribution in [3.8, 4) is 11.1 Å². The Morgan fingerprint density at radius 3 is 2.79 bits per heavy atom. The van der Waals surface area contributed by atoms with E-state index in [9.17, 15) is 4.79 Å². The van der Waals surface area contributed by atoms with Crippen molar-refractivity contribution in [3.63, 3.8) is 0 Å². The average molecular weight is 446 g/mol. The van der Waals surface area contributed by atoms with Gasteiger partial charge in [-0.05, 0) is 63.8 Å². The summed E-state index contributed by atoms with van der Waals surface area (Å²) in [6.07, 6.45) is 10.2. The number of aryl methyl sites for hydroxylation is 1. The Kier molecular flexibility index (Phi) is 7.23. The number of carbonyl (C=O) groups excluding carboxylic acids is 1. The summed E-state index contributed by atoms with van der Waals surface area (Å²) in [4.78, 5) is 25.0. The molecule has 1 amide bonds. The minimum absolute atomic E-state index is 0.109. The third-order valence-electron chi connectivity index (χ3n) is 6.58. The fourth-order valence-corrected chi connectivity index (χ4v) is 5.01. The quantitative estimate of drug-likeness (QED) is 0.561. The zero-order valence-electron chi connectivity index (χ0n) is 20.0. The number of rotatable bonds is 8. The molecule has 0 bridgehead atoms. The molecule has 1 aromatic carbocycles. The summed E-state index contributed by atoms with van der Waals surface area (Å²) < 4.78 is 2.18. The van der Waals surface area contributed by atoms with Crippen LogP contribution in [-0.2, 0) is 24.3 Å². The zero-order chi connectivity index (χ0) is 23.3. The Morgan fingerprint density at radius 1 is 1.18 bits per heavy atom. The van der Waals surface area contributed by atoms with Crippen LogP contribution in [0.2, 0.25) is 0 Å². The van der Waals surface area contributed by atoms with Gasteiger partial charge >= 0.3 is 0 Å². The van der Waals surface area contributed by atoms with Gasteiger partial charge in [0.15, 0.2) is 0 Å². The largest absolute Gasteiger partial charge is 0.353 e. The first kappa shape index (κ1) is 23.2. The van der Waals surface area contributed by atoms with Crippen LogP contribution in [0.25, 0.3) is 11.1 Å². The number of carbonyl (C=O) groups is 1. The van der Waals surface area contributed by atoms with Gasteiger partial charge in [-0.15, -0.1) is 0 Å². The molecule has 4 rings (SSSR count). The van der Waals surface area contributed by atoms with E-state index in [0.29, 0.717) is 6.42 Å². The van der Waals surface area contributed by atoms with E-state index in [-0.39, 0.29) is 11.9 Å². The molecular formula is C27H35N5O. The SMILES string of the molecule is CCn1ccnc1CN1CCC[C@@](Cc2ccccc2-c2cccnc2)(C(=O)NC(C)C)C1. The summed E-state index contributed by atoms with van der Waals surface area (Å²) in [5.41, 5.74) is 2.96. The van der Waals surface area contributed by atoms with E-state index in [4.69, 9.17) is 0 Å². The number of likely N-dealkylation sites (tertiary alicyclic amines) is 1. The number of piperidine rings is 1. The van der Waals surface area contributed by atoms with Crippen LogP contribution in [0.3, 0.4) is 0 Å². The first-order valence-electron chi connectivity index (χ1n) is 12.0. The van der Waals surface area contributed by atoms with E-state index >= 15 is 0 Å². The molecule has 1 N–H and O–H groups in total. The maximum Gasteiger partial charge on any atom is 0.228 e. The zero-order valence-corrected chi connectivity index (χ0v) is 20.0. The smallest absolute Gasteiger partial charge is 0.228 e. The highest BCUT2D eigenvalue weighted by atomic mass is 16.2. The summed E-state index contributed by atoms with van der Waals surface area (Å²) >= 11 is 0. The molecular weight excluding hydrogens is 410 g/mol. The van der Waals surface area contributed by atoms with Crippen molar-refractivity contribution < 1.29 is 4.79 Å². The van der Waals surface area contributed by atoms with Gasteiger partial charge in [-0.25, -0.2) is 4.98 Å². The van der Waals surface area contributed by atoms with Crippen LogP contribution in [0, 0.1) is 5.41 Å². The van der Waals surface area contributed by atoms with Crippen LogP contribution < -0.4 is 5.32 Å². The summed E-state index contributed by atoms with van der Waals surface area (Å²) in [5.74, 6) is 1.22. The molecule has 6 heteroatoms. The van der Waals surface area contributed by atoms with Gasteiger partial charge in [0.05, 0.1) is 12.0 Å². The summed E-state index contributed by atoms with van der Waals surface area (Å²) in [5, 5.41) is 3.24. The molecule has 33 heavy (non-hydrogen) atoms. The molecule has 0 radical (unpaired) electrons. The van der Waals surface area contributed by atoms with Crippen LogP contribution in [0.15, 0.2) is 61.2 Å². The number of imidazole rings is 1. The highest BCUT2D eigenvalue weighted by Crippen LogP contribution is 2.37. The predicted molar refractivity (Wildman–Crippen MR) is 132 cm³/mol. The molecule has 1 fully saturated rings. The third kappa shape index (κ3) is 5.33. The van der Waals surface area contributed by atoms with Gasteiger partial charge in [0.25, 0.3) is 0 Å². The van der Waals surface area contributed by atoms with Crippen LogP contribution in [0.4, 0.5) is 0 Å². The molecule has 0 saturated carbocycles. The Morgan fingerprint density at radius 2 is 2.03 bits per heavy atom. The Labute approximate surface area is 197 Å². The van der Waals surface area contributed by atoms with Crippen molar-refractivity contribution in [1.82, 2.24) is 24.8 Å². The molecule has 3 heterocycles. The molecule has 0 unspecified atom stereocenters. The monoisotopic (exact) mass is 445 g/mol. The van der Waals surface area contributed by atoms with E-state index in [1.165, 1.54) is 5.56 Å². The maximum absolute atomic E-state index is 13.7. The second-order valence-corrected chi connectivity index (χ2v) is 9.43. The number of aromatic nitrogens is 3. The van der Waals surface area contributed by atoms with Crippen molar-refractivity contribution in [3.05, 3.63) is 72.6 Å². The molecule has 0 spiro atoms. The van der Waals surface area contributed by atoms with Gasteiger partial charge in [-0.1, -0.05) is 30.3 Å². The third-order valence-corrected chi connectivity index (χ3v) is 6.58. The lowest BCUT2D eigenvalue weighted by atomic mass is 9.73. The Balaban J connectivity index is 1.65. The fourth-order valence-electron chi connectivity index (χ4n) is 5.01. The van der Waals surface area contributed by atoms with Gasteiger partial charge in [0.1, 0.15) is 5.82 Å². The fraction of sp³-hybridized carbons (Fsp3) is 0.444. The minimum atomic E-state index is -0.482. The molecule has 0 aliphatic carbocycles. The van der Waals surface area contributed by atoms with E-state index in [1.807, 2.05) is 38.5 Å². The number of hydrogen-bond acceptors (Lipinski definition) is 4. The summed E-state index contributed by atoms with van der Waals surface area (Å²) in [6.45, 7) is 9.59. The standard InChI is InChI=1S/C27H35N5O/c1-4-32-16-14-29-25(32)19-31-15-8-12-27(20-31,26(33)30-21(2)3)17-22-9-5-6-11-24(22)23-10-7-13-28-18-23/h5-7,9-11,13-14,16,18,21H,4,8,12,15,17,19-20H2,1-3H3,(H,30,33)/t27-/m0/s1. The highest BCUT2D eigenvalue weighted by Gasteiger charge is 2.43. The highest BCUT2D eigenvalue weighted by molar-refractivity contribution is 5.84. The van der Waals surface area contributed by atoms with Gasteiger partial charge < -0.3 is 9.88 Å². The van der Waals surface area contributed by atoms with Crippen LogP contribution in [0.5, 0.6) is 0 Å². The molecule has 1 aliphatic heterocycles. The number of hydrogen-bond donors (Lipinski definition) is 1. The average Bonchev–Trinajstić information content (AvgIpc) is 3.27. The molecule has 1 saturated heterocycles.